The van der Waals surface area contributed by atoms with Gasteiger partial charge in [-0.1, -0.05) is 0 Å². The highest BCUT2D eigenvalue weighted by Gasteiger charge is 2.72. The highest BCUT2D eigenvalue weighted by molar-refractivity contribution is 5.95. The number of alkyl halides is 6. The van der Waals surface area contributed by atoms with Crippen LogP contribution in [0.2, 0.25) is 0 Å². The molecular weight excluding hydrogens is 397 g/mol. The van der Waals surface area contributed by atoms with Crippen LogP contribution in [0.4, 0.5) is 36.4 Å². The van der Waals surface area contributed by atoms with Crippen molar-refractivity contribution in [2.75, 3.05) is 12.4 Å². The Bertz CT molecular complexity index is 801. The fourth-order valence-corrected chi connectivity index (χ4v) is 2.21. The molecule has 152 valence electrons. The van der Waals surface area contributed by atoms with Gasteiger partial charge in [-0.25, -0.2) is 4.39 Å². The summed E-state index contributed by atoms with van der Waals surface area (Å²) in [7, 11) is 1.29. The number of nitrogens with one attached hydrogen (secondary N) is 2. The Kier molecular flexibility index (Phi) is 5.76. The van der Waals surface area contributed by atoms with Crippen LogP contribution in [-0.2, 0) is 0 Å². The van der Waals surface area contributed by atoms with E-state index < -0.39 is 41.0 Å². The molecule has 1 amide bonds. The summed E-state index contributed by atoms with van der Waals surface area (Å²) in [6, 6.07) is 7.11. The molecular formula is C17H13F7N2O2. The van der Waals surface area contributed by atoms with Crippen molar-refractivity contribution in [2.45, 2.75) is 18.0 Å². The predicted molar refractivity (Wildman–Crippen MR) is 85.3 cm³/mol. The first-order valence-corrected chi connectivity index (χ1v) is 7.53. The van der Waals surface area contributed by atoms with Crippen LogP contribution in [0, 0.1) is 5.82 Å². The first kappa shape index (κ1) is 21.3. The van der Waals surface area contributed by atoms with Crippen LogP contribution in [0.3, 0.4) is 0 Å². The molecule has 4 nitrogen and oxygen atoms in total. The minimum Gasteiger partial charge on any atom is -0.497 e. The third-order valence-electron chi connectivity index (χ3n) is 3.68. The van der Waals surface area contributed by atoms with Gasteiger partial charge in [0.25, 0.3) is 5.91 Å². The summed E-state index contributed by atoms with van der Waals surface area (Å²) < 4.78 is 99.0. The molecule has 0 saturated heterocycles. The Hall–Kier alpha value is -2.98. The van der Waals surface area contributed by atoms with Gasteiger partial charge in [0.15, 0.2) is 0 Å². The van der Waals surface area contributed by atoms with Gasteiger partial charge in [0.05, 0.1) is 7.11 Å². The summed E-state index contributed by atoms with van der Waals surface area (Å²) in [5.74, 6) is -2.25. The molecule has 0 heterocycles. The molecule has 0 atom stereocenters. The third-order valence-corrected chi connectivity index (χ3v) is 3.68. The second-order valence-electron chi connectivity index (χ2n) is 5.56. The van der Waals surface area contributed by atoms with Gasteiger partial charge >= 0.3 is 18.0 Å². The third kappa shape index (κ3) is 4.29. The average molecular weight is 410 g/mol. The van der Waals surface area contributed by atoms with Crippen LogP contribution in [0.5, 0.6) is 5.75 Å². The number of carbonyl (C=O) groups excluding carboxylic acids is 1. The molecule has 0 saturated carbocycles. The summed E-state index contributed by atoms with van der Waals surface area (Å²) >= 11 is 0. The lowest BCUT2D eigenvalue weighted by Gasteiger charge is -2.39. The Labute approximate surface area is 154 Å². The highest BCUT2D eigenvalue weighted by atomic mass is 19.4. The number of carbonyl (C=O) groups is 1. The first-order valence-electron chi connectivity index (χ1n) is 7.53. The Morgan fingerprint density at radius 1 is 0.857 bits per heavy atom. The van der Waals surface area contributed by atoms with Gasteiger partial charge in [0, 0.05) is 11.3 Å². The molecule has 2 N–H and O–H groups in total. The molecule has 0 aromatic heterocycles. The normalized spacial score (nSPS) is 12.4. The van der Waals surface area contributed by atoms with Crippen molar-refractivity contribution < 1.29 is 40.3 Å². The molecule has 0 aliphatic heterocycles. The van der Waals surface area contributed by atoms with E-state index in [9.17, 15) is 35.5 Å². The molecule has 2 rings (SSSR count). The van der Waals surface area contributed by atoms with E-state index in [-0.39, 0.29) is 5.75 Å². The fraction of sp³-hybridized carbons (Fsp3) is 0.235. The lowest BCUT2D eigenvalue weighted by atomic mass is 10.1. The maximum atomic E-state index is 13.5. The number of benzene rings is 2. The molecule has 2 aromatic carbocycles. The molecule has 28 heavy (non-hydrogen) atoms. The van der Waals surface area contributed by atoms with Gasteiger partial charge in [-0.3, -0.25) is 4.79 Å². The van der Waals surface area contributed by atoms with Crippen LogP contribution in [0.15, 0.2) is 48.5 Å². The van der Waals surface area contributed by atoms with Crippen LogP contribution in [0.1, 0.15) is 10.4 Å². The predicted octanol–water partition coefficient (Wildman–Crippen LogP) is 4.50. The smallest absolute Gasteiger partial charge is 0.439 e. The molecule has 11 heteroatoms. The largest absolute Gasteiger partial charge is 0.497 e. The number of ether oxygens (including phenoxy) is 1. The van der Waals surface area contributed by atoms with Gasteiger partial charge in [-0.2, -0.15) is 26.3 Å². The minimum atomic E-state index is -5.98. The van der Waals surface area contributed by atoms with E-state index in [1.807, 2.05) is 0 Å². The summed E-state index contributed by atoms with van der Waals surface area (Å²) in [6.07, 6.45) is -12.0. The number of anilines is 1. The molecule has 0 aliphatic rings. The zero-order chi connectivity index (χ0) is 21.2. The minimum absolute atomic E-state index is 0.249. The Morgan fingerprint density at radius 2 is 1.36 bits per heavy atom. The number of hydrogen-bond donors (Lipinski definition) is 2. The van der Waals surface area contributed by atoms with Crippen LogP contribution < -0.4 is 15.4 Å². The maximum absolute atomic E-state index is 13.5. The molecule has 0 unspecified atom stereocenters. The zero-order valence-corrected chi connectivity index (χ0v) is 14.1. The van der Waals surface area contributed by atoms with Gasteiger partial charge < -0.3 is 15.4 Å². The Morgan fingerprint density at radius 3 is 1.79 bits per heavy atom. The van der Waals surface area contributed by atoms with Crippen LogP contribution >= 0.6 is 0 Å². The highest BCUT2D eigenvalue weighted by Crippen LogP contribution is 2.43. The number of methoxy groups -OCH3 is 1. The molecule has 0 spiro atoms. The molecule has 0 fully saturated rings. The first-order chi connectivity index (χ1) is 12.9. The summed E-state index contributed by atoms with van der Waals surface area (Å²) in [5.41, 5.74) is -5.97. The van der Waals surface area contributed by atoms with E-state index in [0.717, 1.165) is 17.4 Å². The topological polar surface area (TPSA) is 50.4 Å². The van der Waals surface area contributed by atoms with Gasteiger partial charge in [0.2, 0.25) is 0 Å². The Balaban J connectivity index is 2.46. The van der Waals surface area contributed by atoms with Crippen LogP contribution in [0.25, 0.3) is 0 Å². The SMILES string of the molecule is COc1ccc(C(=O)NC(Nc2ccc(F)cc2)(C(F)(F)F)C(F)(F)F)cc1. The number of amides is 1. The lowest BCUT2D eigenvalue weighted by molar-refractivity contribution is -0.294. The zero-order valence-electron chi connectivity index (χ0n) is 14.1. The average Bonchev–Trinajstić information content (AvgIpc) is 2.61. The van der Waals surface area contributed by atoms with Crippen molar-refractivity contribution >= 4 is 11.6 Å². The molecule has 2 aromatic rings. The quantitative estimate of drug-likeness (QED) is 0.564. The second-order valence-corrected chi connectivity index (χ2v) is 5.56. The van der Waals surface area contributed by atoms with E-state index in [1.54, 1.807) is 0 Å². The van der Waals surface area contributed by atoms with E-state index >= 15 is 0 Å². The summed E-state index contributed by atoms with van der Waals surface area (Å²) in [4.78, 5) is 12.1. The van der Waals surface area contributed by atoms with Gasteiger partial charge in [-0.15, -0.1) is 0 Å². The van der Waals surface area contributed by atoms with Crippen molar-refractivity contribution in [2.24, 2.45) is 0 Å². The van der Waals surface area contributed by atoms with E-state index in [1.165, 1.54) is 24.6 Å². The monoisotopic (exact) mass is 410 g/mol. The van der Waals surface area contributed by atoms with Crippen molar-refractivity contribution in [1.82, 2.24) is 5.32 Å². The number of hydrogen-bond acceptors (Lipinski definition) is 3. The summed E-state index contributed by atoms with van der Waals surface area (Å²) in [5, 5.41) is 2.24. The van der Waals surface area contributed by atoms with E-state index in [4.69, 9.17) is 4.74 Å². The number of halogens is 7. The lowest BCUT2D eigenvalue weighted by Crippen LogP contribution is -2.72. The maximum Gasteiger partial charge on any atom is 0.439 e. The van der Waals surface area contributed by atoms with Gasteiger partial charge in [-0.05, 0) is 48.5 Å². The van der Waals surface area contributed by atoms with Gasteiger partial charge in [0.1, 0.15) is 11.6 Å². The second kappa shape index (κ2) is 7.56. The summed E-state index contributed by atoms with van der Waals surface area (Å²) in [6.45, 7) is 0. The molecule has 0 bridgehead atoms. The van der Waals surface area contributed by atoms with Crippen molar-refractivity contribution in [3.05, 3.63) is 59.9 Å². The molecule has 0 radical (unpaired) electrons. The molecule has 0 aliphatic carbocycles. The standard InChI is InChI=1S/C17H13F7N2O2/c1-28-13-8-2-10(3-9-13)14(27)26-15(16(19,20)21,17(22,23)24)25-12-6-4-11(18)5-7-12/h2-9,25H,1H3,(H,26,27). The van der Waals surface area contributed by atoms with Crippen molar-refractivity contribution in [3.8, 4) is 5.75 Å². The van der Waals surface area contributed by atoms with E-state index in [0.29, 0.717) is 24.3 Å². The fourth-order valence-electron chi connectivity index (χ4n) is 2.21. The van der Waals surface area contributed by atoms with Crippen molar-refractivity contribution in [3.63, 3.8) is 0 Å². The van der Waals surface area contributed by atoms with Crippen LogP contribution in [-0.4, -0.2) is 31.0 Å². The number of rotatable bonds is 5. The van der Waals surface area contributed by atoms with Crippen molar-refractivity contribution in [1.29, 1.82) is 0 Å². The van der Waals surface area contributed by atoms with E-state index in [2.05, 4.69) is 0 Å².